The van der Waals surface area contributed by atoms with Crippen molar-refractivity contribution in [2.24, 2.45) is 0 Å². The molecule has 0 spiro atoms. The van der Waals surface area contributed by atoms with Gasteiger partial charge in [0.2, 0.25) is 0 Å². The maximum atomic E-state index is 10.7. The van der Waals surface area contributed by atoms with E-state index in [1.54, 1.807) is 24.3 Å². The molecule has 0 atom stereocenters. The Morgan fingerprint density at radius 3 is 2.80 bits per heavy atom. The van der Waals surface area contributed by atoms with Gasteiger partial charge in [0.1, 0.15) is 0 Å². The van der Waals surface area contributed by atoms with E-state index >= 15 is 0 Å². The summed E-state index contributed by atoms with van der Waals surface area (Å²) >= 11 is 1.60. The first kappa shape index (κ1) is 9.93. The van der Waals surface area contributed by atoms with Crippen LogP contribution in [0, 0.1) is 0 Å². The summed E-state index contributed by atoms with van der Waals surface area (Å²) in [6.45, 7) is 1.60. The van der Waals surface area contributed by atoms with Gasteiger partial charge in [-0.3, -0.25) is 0 Å². The average Bonchev–Trinajstić information content (AvgIpc) is 2.59. The van der Waals surface area contributed by atoms with Crippen molar-refractivity contribution in [1.29, 1.82) is 0 Å². The Kier molecular flexibility index (Phi) is 2.56. The van der Waals surface area contributed by atoms with Crippen molar-refractivity contribution in [3.63, 3.8) is 0 Å². The van der Waals surface area contributed by atoms with Gasteiger partial charge in [-0.25, -0.2) is 4.79 Å². The molecule has 0 unspecified atom stereocenters. The lowest BCUT2D eigenvalue weighted by atomic mass is 10.2. The molecule has 0 fully saturated rings. The molecule has 0 radical (unpaired) electrons. The number of rotatable bonds is 2. The van der Waals surface area contributed by atoms with Crippen LogP contribution in [0.3, 0.4) is 0 Å². The van der Waals surface area contributed by atoms with E-state index in [1.807, 2.05) is 30.3 Å². The van der Waals surface area contributed by atoms with Gasteiger partial charge in [0.05, 0.1) is 0 Å². The van der Waals surface area contributed by atoms with Crippen molar-refractivity contribution in [2.45, 2.75) is 6.92 Å². The third kappa shape index (κ3) is 2.07. The first-order valence-electron chi connectivity index (χ1n) is 4.57. The molecule has 0 aliphatic carbocycles. The first-order valence-corrected chi connectivity index (χ1v) is 5.38. The molecule has 2 aromatic rings. The molecular formula is C12H10O2S. The molecule has 0 bridgehead atoms. The Balaban J connectivity index is 2.46. The number of carboxylic acid groups (broad SMARTS) is 1. The Morgan fingerprint density at radius 2 is 2.13 bits per heavy atom. The molecule has 76 valence electrons. The summed E-state index contributed by atoms with van der Waals surface area (Å²) in [6.07, 6.45) is 1.70. The maximum Gasteiger partial charge on any atom is 0.331 e. The fraction of sp³-hybridized carbons (Fsp3) is 0.0833. The summed E-state index contributed by atoms with van der Waals surface area (Å²) in [6, 6.07) is 10.0. The standard InChI is InChI=1S/C12H10O2S/c1-8(12(13)14)6-10-7-9-4-2-3-5-11(9)15-10/h2-7H,1H3,(H,13,14)/b8-6+. The van der Waals surface area contributed by atoms with Gasteiger partial charge in [0.25, 0.3) is 0 Å². The summed E-state index contributed by atoms with van der Waals surface area (Å²) in [4.78, 5) is 11.6. The predicted molar refractivity (Wildman–Crippen MR) is 63.1 cm³/mol. The Hall–Kier alpha value is -1.61. The van der Waals surface area contributed by atoms with Gasteiger partial charge in [-0.1, -0.05) is 18.2 Å². The predicted octanol–water partition coefficient (Wildman–Crippen LogP) is 3.39. The van der Waals surface area contributed by atoms with Gasteiger partial charge in [-0.2, -0.15) is 0 Å². The van der Waals surface area contributed by atoms with Crippen molar-refractivity contribution in [3.8, 4) is 0 Å². The molecule has 0 amide bonds. The number of carboxylic acids is 1. The number of hydrogen-bond donors (Lipinski definition) is 1. The lowest BCUT2D eigenvalue weighted by molar-refractivity contribution is -0.132. The zero-order chi connectivity index (χ0) is 10.8. The highest BCUT2D eigenvalue weighted by Gasteiger charge is 2.02. The van der Waals surface area contributed by atoms with Crippen molar-refractivity contribution < 1.29 is 9.90 Å². The quantitative estimate of drug-likeness (QED) is 0.784. The molecule has 2 nitrogen and oxygen atoms in total. The Labute approximate surface area is 91.5 Å². The highest BCUT2D eigenvalue weighted by molar-refractivity contribution is 7.19. The number of hydrogen-bond acceptors (Lipinski definition) is 2. The highest BCUT2D eigenvalue weighted by atomic mass is 32.1. The zero-order valence-electron chi connectivity index (χ0n) is 8.23. The van der Waals surface area contributed by atoms with E-state index in [9.17, 15) is 4.79 Å². The largest absolute Gasteiger partial charge is 0.478 e. The van der Waals surface area contributed by atoms with Crippen LogP contribution < -0.4 is 0 Å². The monoisotopic (exact) mass is 218 g/mol. The van der Waals surface area contributed by atoms with Gasteiger partial charge in [0, 0.05) is 15.2 Å². The molecule has 1 aromatic heterocycles. The van der Waals surface area contributed by atoms with Gasteiger partial charge in [-0.05, 0) is 30.5 Å². The van der Waals surface area contributed by atoms with E-state index < -0.39 is 5.97 Å². The molecule has 0 aliphatic heterocycles. The van der Waals surface area contributed by atoms with Crippen molar-refractivity contribution in [3.05, 3.63) is 40.8 Å². The average molecular weight is 218 g/mol. The van der Waals surface area contributed by atoms with Gasteiger partial charge in [0.15, 0.2) is 0 Å². The van der Waals surface area contributed by atoms with Crippen LogP contribution in [0.15, 0.2) is 35.9 Å². The molecule has 3 heteroatoms. The smallest absolute Gasteiger partial charge is 0.331 e. The lowest BCUT2D eigenvalue weighted by Crippen LogP contribution is -1.94. The van der Waals surface area contributed by atoms with E-state index in [2.05, 4.69) is 0 Å². The van der Waals surface area contributed by atoms with Crippen LogP contribution in [0.25, 0.3) is 16.2 Å². The van der Waals surface area contributed by atoms with Gasteiger partial charge in [-0.15, -0.1) is 11.3 Å². The van der Waals surface area contributed by atoms with Gasteiger partial charge < -0.3 is 5.11 Å². The molecule has 0 saturated carbocycles. The van der Waals surface area contributed by atoms with Crippen LogP contribution in [-0.2, 0) is 4.79 Å². The van der Waals surface area contributed by atoms with Crippen LogP contribution in [0.2, 0.25) is 0 Å². The van der Waals surface area contributed by atoms with Gasteiger partial charge >= 0.3 is 5.97 Å². The number of aliphatic carboxylic acids is 1. The Morgan fingerprint density at radius 1 is 1.40 bits per heavy atom. The lowest BCUT2D eigenvalue weighted by Gasteiger charge is -1.89. The first-order chi connectivity index (χ1) is 7.16. The normalized spacial score (nSPS) is 11.9. The molecule has 0 saturated heterocycles. The van der Waals surface area contributed by atoms with Crippen LogP contribution in [-0.4, -0.2) is 11.1 Å². The molecule has 15 heavy (non-hydrogen) atoms. The number of carbonyl (C=O) groups is 1. The van der Waals surface area contributed by atoms with Crippen molar-refractivity contribution in [2.75, 3.05) is 0 Å². The second kappa shape index (κ2) is 3.87. The van der Waals surface area contributed by atoms with E-state index in [-0.39, 0.29) is 0 Å². The van der Waals surface area contributed by atoms with Crippen LogP contribution in [0.4, 0.5) is 0 Å². The molecule has 1 N–H and O–H groups in total. The number of thiophene rings is 1. The van der Waals surface area contributed by atoms with E-state index in [1.165, 1.54) is 4.70 Å². The minimum Gasteiger partial charge on any atom is -0.478 e. The van der Waals surface area contributed by atoms with Crippen molar-refractivity contribution >= 4 is 33.5 Å². The third-order valence-electron chi connectivity index (χ3n) is 2.14. The SMILES string of the molecule is C/C(=C\c1cc2ccccc2s1)C(=O)O. The van der Waals surface area contributed by atoms with E-state index in [0.29, 0.717) is 5.57 Å². The maximum absolute atomic E-state index is 10.7. The Bertz CT molecular complexity index is 504. The molecule has 0 aliphatic rings. The number of benzene rings is 1. The summed E-state index contributed by atoms with van der Waals surface area (Å²) < 4.78 is 1.18. The molecule has 1 heterocycles. The van der Waals surface area contributed by atoms with Crippen LogP contribution in [0.5, 0.6) is 0 Å². The molecule has 1 aromatic carbocycles. The number of fused-ring (bicyclic) bond motifs is 1. The fourth-order valence-corrected chi connectivity index (χ4v) is 2.42. The highest BCUT2D eigenvalue weighted by Crippen LogP contribution is 2.26. The summed E-state index contributed by atoms with van der Waals surface area (Å²) in [5, 5.41) is 9.91. The summed E-state index contributed by atoms with van der Waals surface area (Å²) in [7, 11) is 0. The summed E-state index contributed by atoms with van der Waals surface area (Å²) in [5.41, 5.74) is 0.363. The second-order valence-electron chi connectivity index (χ2n) is 3.32. The van der Waals surface area contributed by atoms with E-state index in [4.69, 9.17) is 5.11 Å². The third-order valence-corrected chi connectivity index (χ3v) is 3.20. The van der Waals surface area contributed by atoms with Crippen LogP contribution >= 0.6 is 11.3 Å². The van der Waals surface area contributed by atoms with E-state index in [0.717, 1.165) is 10.3 Å². The minimum absolute atomic E-state index is 0.363. The molecule has 2 rings (SSSR count). The fourth-order valence-electron chi connectivity index (χ4n) is 1.35. The minimum atomic E-state index is -0.868. The summed E-state index contributed by atoms with van der Waals surface area (Å²) in [5.74, 6) is -0.868. The van der Waals surface area contributed by atoms with Crippen molar-refractivity contribution in [1.82, 2.24) is 0 Å². The second-order valence-corrected chi connectivity index (χ2v) is 4.43. The zero-order valence-corrected chi connectivity index (χ0v) is 9.04. The topological polar surface area (TPSA) is 37.3 Å². The molecular weight excluding hydrogens is 208 g/mol. The van der Waals surface area contributed by atoms with Crippen LogP contribution in [0.1, 0.15) is 11.8 Å².